The molecule has 0 unspecified atom stereocenters. The third kappa shape index (κ3) is 6.03. The normalized spacial score (nSPS) is 14.9. The number of benzene rings is 3. The van der Waals surface area contributed by atoms with Crippen LogP contribution < -0.4 is 10.5 Å². The van der Waals surface area contributed by atoms with Gasteiger partial charge >= 0.3 is 0 Å². The Kier molecular flexibility index (Phi) is 8.18. The first-order chi connectivity index (χ1) is 19.2. The maximum Gasteiger partial charge on any atom is 0.221 e. The van der Waals surface area contributed by atoms with E-state index in [1.165, 1.54) is 10.4 Å². The van der Waals surface area contributed by atoms with E-state index in [-0.39, 0.29) is 31.1 Å². The molecule has 0 aliphatic carbocycles. The van der Waals surface area contributed by atoms with Gasteiger partial charge in [0.05, 0.1) is 18.8 Å². The standard InChI is InChI=1S/C30H31F2N3O4S/c31-26-8-4-9-27(32)30(26)39-14-5-15-40(37,38)35-12-10-21(11-13-35)25-19-34-29-23(18-28(33)36)16-22(17-24(25)29)20-6-2-1-3-7-20/h1-4,6-9,16-17,19,21,34H,5,10-15,18H2,(H2,33,36). The van der Waals surface area contributed by atoms with Crippen LogP contribution in [0, 0.1) is 11.6 Å². The lowest BCUT2D eigenvalue weighted by Gasteiger charge is -2.31. The summed E-state index contributed by atoms with van der Waals surface area (Å²) in [6, 6.07) is 17.4. The van der Waals surface area contributed by atoms with Crippen LogP contribution in [0.5, 0.6) is 5.75 Å². The number of fused-ring (bicyclic) bond motifs is 1. The molecule has 1 aliphatic rings. The number of carbonyl (C=O) groups is 1. The van der Waals surface area contributed by atoms with Crippen LogP contribution in [0.3, 0.4) is 0 Å². The van der Waals surface area contributed by atoms with Gasteiger partial charge in [-0.2, -0.15) is 0 Å². The van der Waals surface area contributed by atoms with Crippen LogP contribution in [-0.2, 0) is 21.2 Å². The highest BCUT2D eigenvalue weighted by Gasteiger charge is 2.30. The monoisotopic (exact) mass is 567 g/mol. The highest BCUT2D eigenvalue weighted by atomic mass is 32.2. The average Bonchev–Trinajstić information content (AvgIpc) is 3.37. The second-order valence-electron chi connectivity index (χ2n) is 10.1. The number of hydrogen-bond acceptors (Lipinski definition) is 4. The second-order valence-corrected chi connectivity index (χ2v) is 12.1. The van der Waals surface area contributed by atoms with Crippen molar-refractivity contribution >= 4 is 26.8 Å². The summed E-state index contributed by atoms with van der Waals surface area (Å²) < 4.78 is 60.0. The fraction of sp³-hybridized carbons (Fsp3) is 0.300. The zero-order chi connectivity index (χ0) is 28.3. The van der Waals surface area contributed by atoms with Gasteiger partial charge in [0.25, 0.3) is 0 Å². The fourth-order valence-corrected chi connectivity index (χ4v) is 6.91. The smallest absolute Gasteiger partial charge is 0.221 e. The van der Waals surface area contributed by atoms with Gasteiger partial charge in [-0.25, -0.2) is 21.5 Å². The molecule has 1 saturated heterocycles. The molecule has 3 aromatic carbocycles. The quantitative estimate of drug-likeness (QED) is 0.260. The molecule has 0 saturated carbocycles. The highest BCUT2D eigenvalue weighted by Crippen LogP contribution is 2.37. The molecule has 1 fully saturated rings. The van der Waals surface area contributed by atoms with Gasteiger partial charge < -0.3 is 15.5 Å². The molecule has 0 radical (unpaired) electrons. The molecule has 1 amide bonds. The van der Waals surface area contributed by atoms with Crippen LogP contribution in [0.15, 0.2) is 66.9 Å². The third-order valence-corrected chi connectivity index (χ3v) is 9.33. The van der Waals surface area contributed by atoms with E-state index in [1.54, 1.807) is 0 Å². The van der Waals surface area contributed by atoms with Crippen LogP contribution >= 0.6 is 0 Å². The predicted octanol–water partition coefficient (Wildman–Crippen LogP) is 5.12. The number of ether oxygens (including phenoxy) is 1. The zero-order valence-electron chi connectivity index (χ0n) is 21.9. The van der Waals surface area contributed by atoms with Gasteiger partial charge in [0.15, 0.2) is 17.4 Å². The predicted molar refractivity (Wildman–Crippen MR) is 150 cm³/mol. The Morgan fingerprint density at radius 2 is 1.70 bits per heavy atom. The number of aromatic nitrogens is 1. The van der Waals surface area contributed by atoms with Crippen molar-refractivity contribution in [1.29, 1.82) is 0 Å². The Morgan fingerprint density at radius 3 is 2.38 bits per heavy atom. The maximum absolute atomic E-state index is 13.7. The van der Waals surface area contributed by atoms with Crippen molar-refractivity contribution in [3.8, 4) is 16.9 Å². The largest absolute Gasteiger partial charge is 0.488 e. The van der Waals surface area contributed by atoms with E-state index in [4.69, 9.17) is 10.5 Å². The molecule has 1 aliphatic heterocycles. The fourth-order valence-electron chi connectivity index (χ4n) is 5.40. The molecule has 7 nitrogen and oxygen atoms in total. The summed E-state index contributed by atoms with van der Waals surface area (Å²) in [5.74, 6) is -2.57. The number of aromatic amines is 1. The van der Waals surface area contributed by atoms with Crippen molar-refractivity contribution in [2.24, 2.45) is 5.73 Å². The third-order valence-electron chi connectivity index (χ3n) is 7.37. The first kappa shape index (κ1) is 27.8. The SMILES string of the molecule is NC(=O)Cc1cc(-c2ccccc2)cc2c(C3CCN(S(=O)(=O)CCCOc4c(F)cccc4F)CC3)c[nH]c12. The first-order valence-electron chi connectivity index (χ1n) is 13.2. The van der Waals surface area contributed by atoms with Gasteiger partial charge in [0, 0.05) is 30.2 Å². The Balaban J connectivity index is 1.26. The van der Waals surface area contributed by atoms with Crippen molar-refractivity contribution in [3.63, 3.8) is 0 Å². The summed E-state index contributed by atoms with van der Waals surface area (Å²) in [5.41, 5.74) is 10.4. The summed E-state index contributed by atoms with van der Waals surface area (Å²) in [6.45, 7) is 0.629. The van der Waals surface area contributed by atoms with Gasteiger partial charge in [-0.05, 0) is 71.7 Å². The van der Waals surface area contributed by atoms with Crippen LogP contribution in [0.1, 0.15) is 36.3 Å². The molecule has 4 aromatic rings. The summed E-state index contributed by atoms with van der Waals surface area (Å²) >= 11 is 0. The van der Waals surface area contributed by atoms with Crippen molar-refractivity contribution in [1.82, 2.24) is 9.29 Å². The van der Waals surface area contributed by atoms with Gasteiger partial charge in [0.2, 0.25) is 15.9 Å². The number of halogens is 2. The molecule has 0 spiro atoms. The van der Waals surface area contributed by atoms with Crippen molar-refractivity contribution < 1.29 is 26.7 Å². The molecule has 0 atom stereocenters. The lowest BCUT2D eigenvalue weighted by atomic mass is 9.88. The summed E-state index contributed by atoms with van der Waals surface area (Å²) in [4.78, 5) is 15.1. The van der Waals surface area contributed by atoms with Crippen molar-refractivity contribution in [2.75, 3.05) is 25.4 Å². The van der Waals surface area contributed by atoms with E-state index < -0.39 is 33.3 Å². The number of para-hydroxylation sites is 1. The van der Waals surface area contributed by atoms with E-state index in [0.29, 0.717) is 25.9 Å². The minimum absolute atomic E-state index is 0.111. The molecule has 5 rings (SSSR count). The number of nitrogens with zero attached hydrogens (tertiary/aromatic N) is 1. The number of nitrogens with two attached hydrogens (primary N) is 1. The lowest BCUT2D eigenvalue weighted by molar-refractivity contribution is -0.117. The Morgan fingerprint density at radius 1 is 1.00 bits per heavy atom. The number of amides is 1. The molecule has 1 aromatic heterocycles. The van der Waals surface area contributed by atoms with Gasteiger partial charge in [-0.15, -0.1) is 0 Å². The minimum Gasteiger partial charge on any atom is -0.488 e. The molecule has 2 heterocycles. The topological polar surface area (TPSA) is 105 Å². The van der Waals surface area contributed by atoms with Crippen LogP contribution in [0.4, 0.5) is 8.78 Å². The van der Waals surface area contributed by atoms with Crippen LogP contribution in [0.25, 0.3) is 22.0 Å². The Labute approximate surface area is 232 Å². The number of H-pyrrole nitrogens is 1. The molecule has 3 N–H and O–H groups in total. The van der Waals surface area contributed by atoms with Gasteiger partial charge in [-0.3, -0.25) is 4.79 Å². The van der Waals surface area contributed by atoms with Crippen LogP contribution in [0.2, 0.25) is 0 Å². The van der Waals surface area contributed by atoms with E-state index in [1.807, 2.05) is 42.6 Å². The van der Waals surface area contributed by atoms with Gasteiger partial charge in [0.1, 0.15) is 0 Å². The molecule has 10 heteroatoms. The van der Waals surface area contributed by atoms with E-state index >= 15 is 0 Å². The maximum atomic E-state index is 13.7. The summed E-state index contributed by atoms with van der Waals surface area (Å²) in [6.07, 6.45) is 3.47. The summed E-state index contributed by atoms with van der Waals surface area (Å²) in [7, 11) is -3.55. The van der Waals surface area contributed by atoms with E-state index in [2.05, 4.69) is 11.1 Å². The molecular weight excluding hydrogens is 536 g/mol. The number of carbonyl (C=O) groups excluding carboxylic acids is 1. The highest BCUT2D eigenvalue weighted by molar-refractivity contribution is 7.89. The molecule has 0 bridgehead atoms. The van der Waals surface area contributed by atoms with E-state index in [0.717, 1.165) is 45.3 Å². The number of nitrogens with one attached hydrogen (secondary N) is 1. The summed E-state index contributed by atoms with van der Waals surface area (Å²) in [5, 5.41) is 1.01. The Hall–Kier alpha value is -3.76. The number of primary amides is 1. The Bertz CT molecular complexity index is 1590. The zero-order valence-corrected chi connectivity index (χ0v) is 22.7. The number of rotatable bonds is 10. The second kappa shape index (κ2) is 11.8. The number of piperidine rings is 1. The minimum atomic E-state index is -3.55. The van der Waals surface area contributed by atoms with Crippen molar-refractivity contribution in [3.05, 3.63) is 89.6 Å². The van der Waals surface area contributed by atoms with Gasteiger partial charge in [-0.1, -0.05) is 36.4 Å². The molecular formula is C30H31F2N3O4S. The number of hydrogen-bond donors (Lipinski definition) is 2. The van der Waals surface area contributed by atoms with Crippen molar-refractivity contribution in [2.45, 2.75) is 31.6 Å². The average molecular weight is 568 g/mol. The number of sulfonamides is 1. The first-order valence-corrected chi connectivity index (χ1v) is 14.9. The van der Waals surface area contributed by atoms with Crippen LogP contribution in [-0.4, -0.2) is 49.1 Å². The van der Waals surface area contributed by atoms with E-state index in [9.17, 15) is 22.0 Å². The molecule has 210 valence electrons. The lowest BCUT2D eigenvalue weighted by Crippen LogP contribution is -2.39. The molecule has 40 heavy (non-hydrogen) atoms.